The largest absolute Gasteiger partial charge is 0.416 e. The molecular formula is C29H29F3N4O2. The number of rotatable bonds is 8. The fourth-order valence-corrected chi connectivity index (χ4v) is 4.39. The molecule has 4 rings (SSSR count). The van der Waals surface area contributed by atoms with Gasteiger partial charge in [0.05, 0.1) is 11.1 Å². The molecule has 2 heterocycles. The number of amides is 2. The Kier molecular flexibility index (Phi) is 8.14. The number of aliphatic imine (C=N–C) groups is 1. The molecule has 9 heteroatoms. The molecule has 198 valence electrons. The summed E-state index contributed by atoms with van der Waals surface area (Å²) >= 11 is 0. The second kappa shape index (κ2) is 11.5. The zero-order chi connectivity index (χ0) is 27.3. The van der Waals surface area contributed by atoms with E-state index in [2.05, 4.69) is 10.3 Å². The van der Waals surface area contributed by atoms with Crippen molar-refractivity contribution >= 4 is 23.2 Å². The van der Waals surface area contributed by atoms with E-state index in [1.165, 1.54) is 12.1 Å². The van der Waals surface area contributed by atoms with Gasteiger partial charge in [-0.05, 0) is 55.7 Å². The van der Waals surface area contributed by atoms with Crippen molar-refractivity contribution in [2.45, 2.75) is 32.5 Å². The van der Waals surface area contributed by atoms with Gasteiger partial charge in [-0.2, -0.15) is 13.2 Å². The lowest BCUT2D eigenvalue weighted by atomic mass is 10.1. The standard InChI is InChI=1S/C29H29F3N4O2/c1-20-24(27(37)34-23-13-8-12-22(18-23)29(30,31)32)19-26(21-10-4-3-5-11-21)36(20)17-9-16-35(2)28(38)25-14-6-7-15-33-25/h3-6,8,10-14,18-19H,7,9,15-17H2,1-2H3,(H,34,37). The maximum atomic E-state index is 13.2. The number of hydrogen-bond acceptors (Lipinski definition) is 3. The van der Waals surface area contributed by atoms with Crippen LogP contribution >= 0.6 is 0 Å². The average molecular weight is 523 g/mol. The number of hydrogen-bond donors (Lipinski definition) is 1. The highest BCUT2D eigenvalue weighted by molar-refractivity contribution is 6.43. The molecule has 2 aromatic carbocycles. The lowest BCUT2D eigenvalue weighted by Crippen LogP contribution is -2.34. The number of nitrogens with zero attached hydrogens (tertiary/aromatic N) is 3. The topological polar surface area (TPSA) is 66.7 Å². The third-order valence-electron chi connectivity index (χ3n) is 6.42. The van der Waals surface area contributed by atoms with Crippen LogP contribution in [0, 0.1) is 6.92 Å². The van der Waals surface area contributed by atoms with Gasteiger partial charge in [0.15, 0.2) is 0 Å². The molecule has 1 aromatic heterocycles. The molecule has 0 radical (unpaired) electrons. The smallest absolute Gasteiger partial charge is 0.344 e. The van der Waals surface area contributed by atoms with Gasteiger partial charge in [0.25, 0.3) is 11.8 Å². The Labute approximate surface area is 219 Å². The molecule has 0 fully saturated rings. The number of halogens is 3. The molecule has 0 atom stereocenters. The molecule has 1 N–H and O–H groups in total. The van der Waals surface area contributed by atoms with Crippen molar-refractivity contribution in [2.75, 3.05) is 25.5 Å². The lowest BCUT2D eigenvalue weighted by Gasteiger charge is -2.19. The number of alkyl halides is 3. The summed E-state index contributed by atoms with van der Waals surface area (Å²) in [4.78, 5) is 31.7. The minimum atomic E-state index is -4.51. The van der Waals surface area contributed by atoms with Crippen LogP contribution in [0.1, 0.15) is 34.5 Å². The van der Waals surface area contributed by atoms with Crippen LogP contribution in [0.2, 0.25) is 0 Å². The van der Waals surface area contributed by atoms with Gasteiger partial charge in [-0.25, -0.2) is 0 Å². The van der Waals surface area contributed by atoms with Gasteiger partial charge in [0, 0.05) is 43.8 Å². The van der Waals surface area contributed by atoms with E-state index in [4.69, 9.17) is 0 Å². The number of anilines is 1. The molecule has 0 saturated heterocycles. The van der Waals surface area contributed by atoms with Crippen LogP contribution in [0.15, 0.2) is 77.8 Å². The Balaban J connectivity index is 1.54. The predicted molar refractivity (Wildman–Crippen MR) is 142 cm³/mol. The monoisotopic (exact) mass is 522 g/mol. The first-order valence-corrected chi connectivity index (χ1v) is 12.4. The molecule has 0 unspecified atom stereocenters. The summed E-state index contributed by atoms with van der Waals surface area (Å²) in [5.41, 5.74) is 2.45. The molecule has 0 bridgehead atoms. The molecular weight excluding hydrogens is 493 g/mol. The van der Waals surface area contributed by atoms with Crippen molar-refractivity contribution < 1.29 is 22.8 Å². The number of carbonyl (C=O) groups is 2. The Hall–Kier alpha value is -4.14. The van der Waals surface area contributed by atoms with E-state index < -0.39 is 17.6 Å². The normalized spacial score (nSPS) is 13.2. The summed E-state index contributed by atoms with van der Waals surface area (Å²) in [6.45, 7) is 3.44. The van der Waals surface area contributed by atoms with E-state index in [1.807, 2.05) is 47.9 Å². The molecule has 0 aliphatic carbocycles. The van der Waals surface area contributed by atoms with Crippen LogP contribution in [0.25, 0.3) is 11.3 Å². The number of dihydropyridines is 1. The third-order valence-corrected chi connectivity index (χ3v) is 6.42. The first-order chi connectivity index (χ1) is 18.1. The third kappa shape index (κ3) is 6.22. The van der Waals surface area contributed by atoms with E-state index in [1.54, 1.807) is 24.1 Å². The quantitative estimate of drug-likeness (QED) is 0.395. The van der Waals surface area contributed by atoms with Crippen molar-refractivity contribution in [3.63, 3.8) is 0 Å². The number of benzene rings is 2. The first-order valence-electron chi connectivity index (χ1n) is 12.4. The Morgan fingerprint density at radius 2 is 1.84 bits per heavy atom. The van der Waals surface area contributed by atoms with E-state index in [9.17, 15) is 22.8 Å². The summed E-state index contributed by atoms with van der Waals surface area (Å²) in [6, 6.07) is 15.9. The van der Waals surface area contributed by atoms with Crippen molar-refractivity contribution in [3.8, 4) is 11.3 Å². The molecule has 38 heavy (non-hydrogen) atoms. The SMILES string of the molecule is Cc1c(C(=O)Nc2cccc(C(F)(F)F)c2)cc(-c2ccccc2)n1CCCN(C)C(=O)C1=NCCC=C1. The molecule has 2 amide bonds. The fourth-order valence-electron chi connectivity index (χ4n) is 4.39. The van der Waals surface area contributed by atoms with Crippen LogP contribution < -0.4 is 5.32 Å². The van der Waals surface area contributed by atoms with Gasteiger partial charge < -0.3 is 14.8 Å². The highest BCUT2D eigenvalue weighted by Gasteiger charge is 2.30. The molecule has 3 aromatic rings. The van der Waals surface area contributed by atoms with Gasteiger partial charge in [0.2, 0.25) is 0 Å². The van der Waals surface area contributed by atoms with Crippen molar-refractivity contribution in [1.82, 2.24) is 9.47 Å². The van der Waals surface area contributed by atoms with E-state index in [-0.39, 0.29) is 11.6 Å². The van der Waals surface area contributed by atoms with E-state index >= 15 is 0 Å². The number of nitrogens with one attached hydrogen (secondary N) is 1. The summed E-state index contributed by atoms with van der Waals surface area (Å²) in [5, 5.41) is 2.60. The summed E-state index contributed by atoms with van der Waals surface area (Å²) in [6.07, 6.45) is 0.647. The second-order valence-electron chi connectivity index (χ2n) is 9.12. The first kappa shape index (κ1) is 26.9. The second-order valence-corrected chi connectivity index (χ2v) is 9.12. The van der Waals surface area contributed by atoms with Crippen LogP contribution in [-0.4, -0.2) is 47.1 Å². The number of aromatic nitrogens is 1. The van der Waals surface area contributed by atoms with E-state index in [0.29, 0.717) is 43.0 Å². The number of carbonyl (C=O) groups excluding carboxylic acids is 2. The highest BCUT2D eigenvalue weighted by Crippen LogP contribution is 2.31. The summed E-state index contributed by atoms with van der Waals surface area (Å²) < 4.78 is 41.4. The zero-order valence-corrected chi connectivity index (χ0v) is 21.3. The van der Waals surface area contributed by atoms with Gasteiger partial charge in [0.1, 0.15) is 5.71 Å². The maximum Gasteiger partial charge on any atom is 0.416 e. The molecule has 0 saturated carbocycles. The van der Waals surface area contributed by atoms with Crippen molar-refractivity contribution in [1.29, 1.82) is 0 Å². The summed E-state index contributed by atoms with van der Waals surface area (Å²) in [7, 11) is 1.74. The average Bonchev–Trinajstić information content (AvgIpc) is 3.25. The van der Waals surface area contributed by atoms with Crippen LogP contribution in [-0.2, 0) is 17.5 Å². The lowest BCUT2D eigenvalue weighted by molar-refractivity contribution is -0.137. The summed E-state index contributed by atoms with van der Waals surface area (Å²) in [5.74, 6) is -0.623. The van der Waals surface area contributed by atoms with Gasteiger partial charge in [-0.1, -0.05) is 42.5 Å². The maximum absolute atomic E-state index is 13.2. The Morgan fingerprint density at radius 3 is 2.53 bits per heavy atom. The highest BCUT2D eigenvalue weighted by atomic mass is 19.4. The predicted octanol–water partition coefficient (Wildman–Crippen LogP) is 5.98. The van der Waals surface area contributed by atoms with Crippen molar-refractivity contribution in [3.05, 3.63) is 89.6 Å². The van der Waals surface area contributed by atoms with E-state index in [0.717, 1.165) is 29.8 Å². The molecule has 6 nitrogen and oxygen atoms in total. The van der Waals surface area contributed by atoms with Crippen LogP contribution in [0.5, 0.6) is 0 Å². The van der Waals surface area contributed by atoms with Crippen LogP contribution in [0.3, 0.4) is 0 Å². The Morgan fingerprint density at radius 1 is 1.08 bits per heavy atom. The Bertz CT molecular complexity index is 1370. The van der Waals surface area contributed by atoms with Crippen molar-refractivity contribution in [2.24, 2.45) is 4.99 Å². The fraction of sp³-hybridized carbons (Fsp3) is 0.276. The minimum Gasteiger partial charge on any atom is -0.344 e. The molecule has 1 aliphatic heterocycles. The van der Waals surface area contributed by atoms with Gasteiger partial charge in [-0.3, -0.25) is 14.6 Å². The molecule has 1 aliphatic rings. The minimum absolute atomic E-state index is 0.0676. The van der Waals surface area contributed by atoms with Gasteiger partial charge in [-0.15, -0.1) is 0 Å². The zero-order valence-electron chi connectivity index (χ0n) is 21.3. The van der Waals surface area contributed by atoms with Gasteiger partial charge >= 0.3 is 6.18 Å². The molecule has 0 spiro atoms. The van der Waals surface area contributed by atoms with Crippen LogP contribution in [0.4, 0.5) is 18.9 Å².